The topological polar surface area (TPSA) is 97.4 Å². The molecular weight excluding hydrogens is 352 g/mol. The summed E-state index contributed by atoms with van der Waals surface area (Å²) in [5, 5.41) is 2.83. The summed E-state index contributed by atoms with van der Waals surface area (Å²) in [5.41, 5.74) is 6.28. The van der Waals surface area contributed by atoms with Crippen LogP contribution in [0.1, 0.15) is 23.2 Å². The SMILES string of the molecule is NC1CCN(S(=O)(=O)c2ccc(C(=O)NCCn3cccc3)cc2)CC1. The minimum Gasteiger partial charge on any atom is -0.353 e. The van der Waals surface area contributed by atoms with Gasteiger partial charge in [0.1, 0.15) is 0 Å². The number of nitrogens with two attached hydrogens (primary N) is 1. The Labute approximate surface area is 153 Å². The molecule has 0 unspecified atom stereocenters. The van der Waals surface area contributed by atoms with Gasteiger partial charge in [0.15, 0.2) is 0 Å². The zero-order chi connectivity index (χ0) is 18.6. The summed E-state index contributed by atoms with van der Waals surface area (Å²) in [6.07, 6.45) is 5.20. The lowest BCUT2D eigenvalue weighted by molar-refractivity contribution is 0.0952. The molecule has 1 amide bonds. The molecule has 3 rings (SSSR count). The van der Waals surface area contributed by atoms with E-state index in [1.165, 1.54) is 16.4 Å². The van der Waals surface area contributed by atoms with Crippen molar-refractivity contribution in [3.63, 3.8) is 0 Å². The van der Waals surface area contributed by atoms with Crippen molar-refractivity contribution in [2.75, 3.05) is 19.6 Å². The Morgan fingerprint density at radius 2 is 1.73 bits per heavy atom. The van der Waals surface area contributed by atoms with Gasteiger partial charge in [-0.15, -0.1) is 0 Å². The van der Waals surface area contributed by atoms with Gasteiger partial charge in [0, 0.05) is 50.2 Å². The molecule has 140 valence electrons. The number of hydrogen-bond donors (Lipinski definition) is 2. The van der Waals surface area contributed by atoms with Crippen LogP contribution in [0.25, 0.3) is 0 Å². The quantitative estimate of drug-likeness (QED) is 0.787. The summed E-state index contributed by atoms with van der Waals surface area (Å²) >= 11 is 0. The molecule has 1 saturated heterocycles. The Bertz CT molecular complexity index is 824. The Morgan fingerprint density at radius 1 is 1.12 bits per heavy atom. The number of rotatable bonds is 6. The van der Waals surface area contributed by atoms with Gasteiger partial charge in [-0.1, -0.05) is 0 Å². The molecule has 0 radical (unpaired) electrons. The number of carbonyl (C=O) groups excluding carboxylic acids is 1. The van der Waals surface area contributed by atoms with Crippen molar-refractivity contribution in [3.8, 4) is 0 Å². The first-order valence-electron chi connectivity index (χ1n) is 8.71. The lowest BCUT2D eigenvalue weighted by Gasteiger charge is -2.29. The van der Waals surface area contributed by atoms with Gasteiger partial charge in [-0.3, -0.25) is 4.79 Å². The van der Waals surface area contributed by atoms with Crippen molar-refractivity contribution in [1.82, 2.24) is 14.2 Å². The molecule has 0 bridgehead atoms. The van der Waals surface area contributed by atoms with E-state index in [0.717, 1.165) is 0 Å². The molecule has 8 heteroatoms. The molecule has 1 aliphatic heterocycles. The third-order valence-electron chi connectivity index (χ3n) is 4.57. The van der Waals surface area contributed by atoms with Crippen molar-refractivity contribution < 1.29 is 13.2 Å². The number of nitrogens with zero attached hydrogens (tertiary/aromatic N) is 2. The molecule has 0 spiro atoms. The number of carbonyl (C=O) groups is 1. The average molecular weight is 376 g/mol. The van der Waals surface area contributed by atoms with Crippen molar-refractivity contribution in [2.45, 2.75) is 30.3 Å². The molecule has 26 heavy (non-hydrogen) atoms. The van der Waals surface area contributed by atoms with E-state index < -0.39 is 10.0 Å². The highest BCUT2D eigenvalue weighted by Crippen LogP contribution is 2.20. The van der Waals surface area contributed by atoms with Gasteiger partial charge >= 0.3 is 0 Å². The third kappa shape index (κ3) is 4.32. The van der Waals surface area contributed by atoms with E-state index in [-0.39, 0.29) is 16.8 Å². The van der Waals surface area contributed by atoms with Crippen LogP contribution >= 0.6 is 0 Å². The third-order valence-corrected chi connectivity index (χ3v) is 6.49. The van der Waals surface area contributed by atoms with Crippen molar-refractivity contribution in [1.29, 1.82) is 0 Å². The Hall–Kier alpha value is -2.16. The van der Waals surface area contributed by atoms with Crippen molar-refractivity contribution >= 4 is 15.9 Å². The van der Waals surface area contributed by atoms with Crippen LogP contribution in [0.3, 0.4) is 0 Å². The molecule has 3 N–H and O–H groups in total. The van der Waals surface area contributed by atoms with Crippen LogP contribution in [0.15, 0.2) is 53.7 Å². The van der Waals surface area contributed by atoms with E-state index in [1.54, 1.807) is 12.1 Å². The van der Waals surface area contributed by atoms with E-state index in [9.17, 15) is 13.2 Å². The molecule has 2 heterocycles. The fourth-order valence-electron chi connectivity index (χ4n) is 2.96. The first-order valence-corrected chi connectivity index (χ1v) is 10.2. The number of sulfonamides is 1. The average Bonchev–Trinajstić information content (AvgIpc) is 3.15. The second-order valence-corrected chi connectivity index (χ2v) is 8.38. The van der Waals surface area contributed by atoms with Crippen LogP contribution < -0.4 is 11.1 Å². The lowest BCUT2D eigenvalue weighted by atomic mass is 10.1. The molecule has 0 atom stereocenters. The van der Waals surface area contributed by atoms with Gasteiger partial charge < -0.3 is 15.6 Å². The molecule has 0 aliphatic carbocycles. The van der Waals surface area contributed by atoms with E-state index in [4.69, 9.17) is 5.73 Å². The van der Waals surface area contributed by atoms with Crippen LogP contribution in [0.2, 0.25) is 0 Å². The summed E-state index contributed by atoms with van der Waals surface area (Å²) in [7, 11) is -3.53. The van der Waals surface area contributed by atoms with E-state index in [1.807, 2.05) is 29.1 Å². The van der Waals surface area contributed by atoms with Crippen LogP contribution in [0, 0.1) is 0 Å². The molecule has 1 aromatic carbocycles. The summed E-state index contributed by atoms with van der Waals surface area (Å²) in [6, 6.07) is 10.0. The first kappa shape index (κ1) is 18.6. The molecule has 2 aromatic rings. The predicted molar refractivity (Wildman–Crippen MR) is 99.2 cm³/mol. The van der Waals surface area contributed by atoms with Crippen LogP contribution in [0.5, 0.6) is 0 Å². The number of aromatic nitrogens is 1. The zero-order valence-electron chi connectivity index (χ0n) is 14.5. The van der Waals surface area contributed by atoms with E-state index >= 15 is 0 Å². The summed E-state index contributed by atoms with van der Waals surface area (Å²) in [5.74, 6) is -0.218. The monoisotopic (exact) mass is 376 g/mol. The normalized spacial score (nSPS) is 16.5. The van der Waals surface area contributed by atoms with Crippen molar-refractivity contribution in [3.05, 3.63) is 54.4 Å². The predicted octanol–water partition coefficient (Wildman–Crippen LogP) is 1.03. The second-order valence-electron chi connectivity index (χ2n) is 6.44. The summed E-state index contributed by atoms with van der Waals surface area (Å²) in [6.45, 7) is 2.06. The van der Waals surface area contributed by atoms with Crippen LogP contribution in [0.4, 0.5) is 0 Å². The standard InChI is InChI=1S/C18H24N4O3S/c19-16-7-12-22(13-8-16)26(24,25)17-5-3-15(4-6-17)18(23)20-9-14-21-10-1-2-11-21/h1-6,10-11,16H,7-9,12-14,19H2,(H,20,23). The first-order chi connectivity index (χ1) is 12.5. The number of piperidine rings is 1. The largest absolute Gasteiger partial charge is 0.353 e. The van der Waals surface area contributed by atoms with E-state index in [2.05, 4.69) is 5.32 Å². The Kier molecular flexibility index (Phi) is 5.75. The van der Waals surface area contributed by atoms with Gasteiger partial charge in [0.2, 0.25) is 10.0 Å². The number of nitrogens with one attached hydrogen (secondary N) is 1. The maximum atomic E-state index is 12.7. The van der Waals surface area contributed by atoms with E-state index in [0.29, 0.717) is 44.6 Å². The molecule has 0 saturated carbocycles. The smallest absolute Gasteiger partial charge is 0.251 e. The summed E-state index contributed by atoms with van der Waals surface area (Å²) < 4.78 is 28.8. The fraction of sp³-hybridized carbons (Fsp3) is 0.389. The molecular formula is C18H24N4O3S. The molecule has 7 nitrogen and oxygen atoms in total. The lowest BCUT2D eigenvalue weighted by Crippen LogP contribution is -2.42. The summed E-state index contributed by atoms with van der Waals surface area (Å²) in [4.78, 5) is 12.4. The van der Waals surface area contributed by atoms with Gasteiger partial charge in [-0.2, -0.15) is 4.31 Å². The van der Waals surface area contributed by atoms with Crippen LogP contribution in [-0.2, 0) is 16.6 Å². The molecule has 1 aromatic heterocycles. The minimum absolute atomic E-state index is 0.0686. The number of amides is 1. The number of benzene rings is 1. The van der Waals surface area contributed by atoms with Gasteiger partial charge in [-0.25, -0.2) is 8.42 Å². The highest BCUT2D eigenvalue weighted by molar-refractivity contribution is 7.89. The molecule has 1 fully saturated rings. The highest BCUT2D eigenvalue weighted by Gasteiger charge is 2.28. The van der Waals surface area contributed by atoms with Crippen molar-refractivity contribution in [2.24, 2.45) is 5.73 Å². The van der Waals surface area contributed by atoms with Gasteiger partial charge in [-0.05, 0) is 49.2 Å². The van der Waals surface area contributed by atoms with Gasteiger partial charge in [0.05, 0.1) is 4.90 Å². The molecule has 1 aliphatic rings. The van der Waals surface area contributed by atoms with Gasteiger partial charge in [0.25, 0.3) is 5.91 Å². The minimum atomic E-state index is -3.53. The number of hydrogen-bond acceptors (Lipinski definition) is 4. The zero-order valence-corrected chi connectivity index (χ0v) is 15.4. The maximum absolute atomic E-state index is 12.7. The highest BCUT2D eigenvalue weighted by atomic mass is 32.2. The fourth-order valence-corrected chi connectivity index (χ4v) is 4.43. The maximum Gasteiger partial charge on any atom is 0.251 e. The Balaban J connectivity index is 1.59. The second kappa shape index (κ2) is 8.03. The van der Waals surface area contributed by atoms with Crippen LogP contribution in [-0.4, -0.2) is 48.9 Å². The Morgan fingerprint density at radius 3 is 2.35 bits per heavy atom.